The molecule has 0 saturated carbocycles. The van der Waals surface area contributed by atoms with Crippen LogP contribution in [0.4, 0.5) is 5.82 Å². The maximum absolute atomic E-state index is 12.3. The van der Waals surface area contributed by atoms with Gasteiger partial charge in [0.25, 0.3) is 0 Å². The molecule has 1 aromatic rings. The summed E-state index contributed by atoms with van der Waals surface area (Å²) in [6.07, 6.45) is 8.36. The fourth-order valence-electron chi connectivity index (χ4n) is 4.33. The van der Waals surface area contributed by atoms with Crippen LogP contribution >= 0.6 is 0 Å². The molecule has 8 heteroatoms. The number of sulfone groups is 1. The summed E-state index contributed by atoms with van der Waals surface area (Å²) in [7, 11) is -3.02. The molecule has 0 bridgehead atoms. The predicted molar refractivity (Wildman–Crippen MR) is 98.8 cm³/mol. The lowest BCUT2D eigenvalue weighted by molar-refractivity contribution is -0.125. The number of amides is 1. The van der Waals surface area contributed by atoms with Crippen molar-refractivity contribution in [2.75, 3.05) is 29.5 Å². The van der Waals surface area contributed by atoms with Crippen LogP contribution in [0, 0.1) is 5.92 Å². The summed E-state index contributed by atoms with van der Waals surface area (Å²) in [6.45, 7) is 1.72. The molecule has 1 aliphatic carbocycles. The van der Waals surface area contributed by atoms with Crippen molar-refractivity contribution >= 4 is 21.6 Å². The van der Waals surface area contributed by atoms with Crippen LogP contribution in [0.15, 0.2) is 6.33 Å². The van der Waals surface area contributed by atoms with E-state index in [1.165, 1.54) is 24.1 Å². The summed E-state index contributed by atoms with van der Waals surface area (Å²) in [5.41, 5.74) is 2.50. The Morgan fingerprint density at radius 1 is 1.12 bits per heavy atom. The molecule has 1 atom stereocenters. The highest BCUT2D eigenvalue weighted by Gasteiger charge is 2.34. The van der Waals surface area contributed by atoms with Crippen molar-refractivity contribution < 1.29 is 13.2 Å². The van der Waals surface area contributed by atoms with Crippen LogP contribution in [-0.4, -0.2) is 54.9 Å². The van der Waals surface area contributed by atoms with Crippen molar-refractivity contribution in [2.45, 2.75) is 51.0 Å². The van der Waals surface area contributed by atoms with Crippen LogP contribution in [0.1, 0.15) is 43.4 Å². The Hall–Kier alpha value is -1.70. The molecule has 0 unspecified atom stereocenters. The monoisotopic (exact) mass is 378 g/mol. The second kappa shape index (κ2) is 7.13. The fraction of sp³-hybridized carbons (Fsp3) is 0.722. The van der Waals surface area contributed by atoms with Gasteiger partial charge in [-0.3, -0.25) is 4.79 Å². The molecule has 1 amide bonds. The van der Waals surface area contributed by atoms with Gasteiger partial charge < -0.3 is 10.2 Å². The molecule has 4 rings (SSSR count). The summed E-state index contributed by atoms with van der Waals surface area (Å²) in [5.74, 6) is 0.754. The van der Waals surface area contributed by atoms with Crippen LogP contribution in [-0.2, 0) is 27.5 Å². The maximum atomic E-state index is 12.3. The van der Waals surface area contributed by atoms with Crippen LogP contribution in [0.25, 0.3) is 0 Å². The summed E-state index contributed by atoms with van der Waals surface area (Å²) in [4.78, 5) is 23.6. The standard InChI is InChI=1S/C18H26N4O3S/c23-18(13-7-10-26(24,25)11-13)21-14-5-8-22(9-6-14)17-15-3-1-2-4-16(15)19-12-20-17/h12-14H,1-11H2,(H,21,23)/t13-/m0/s1. The van der Waals surface area contributed by atoms with E-state index in [1.807, 2.05) is 0 Å². The zero-order valence-corrected chi connectivity index (χ0v) is 15.8. The largest absolute Gasteiger partial charge is 0.356 e. The minimum absolute atomic E-state index is 0.00471. The van der Waals surface area contributed by atoms with Gasteiger partial charge in [0.15, 0.2) is 9.84 Å². The number of carbonyl (C=O) groups is 1. The molecule has 0 radical (unpaired) electrons. The molecule has 2 fully saturated rings. The van der Waals surface area contributed by atoms with Crippen LogP contribution in [0.3, 0.4) is 0 Å². The molecule has 2 aliphatic heterocycles. The lowest BCUT2D eigenvalue weighted by Crippen LogP contribution is -2.47. The normalized spacial score (nSPS) is 25.7. The summed E-state index contributed by atoms with van der Waals surface area (Å²) in [5, 5.41) is 3.07. The number of carbonyl (C=O) groups excluding carboxylic acids is 1. The molecule has 3 aliphatic rings. The predicted octanol–water partition coefficient (Wildman–Crippen LogP) is 0.875. The van der Waals surface area contributed by atoms with Gasteiger partial charge in [0, 0.05) is 30.4 Å². The molecule has 2 saturated heterocycles. The molecule has 7 nitrogen and oxygen atoms in total. The summed E-state index contributed by atoms with van der Waals surface area (Å²) >= 11 is 0. The molecule has 26 heavy (non-hydrogen) atoms. The van der Waals surface area contributed by atoms with Gasteiger partial charge in [0.2, 0.25) is 5.91 Å². The number of hydrogen-bond acceptors (Lipinski definition) is 6. The number of fused-ring (bicyclic) bond motifs is 1. The minimum atomic E-state index is -3.02. The third kappa shape index (κ3) is 3.70. The SMILES string of the molecule is O=C(NC1CCN(c2ncnc3c2CCCC3)CC1)[C@H]1CCS(=O)(=O)C1. The van der Waals surface area contributed by atoms with Gasteiger partial charge >= 0.3 is 0 Å². The van der Waals surface area contributed by atoms with E-state index in [1.54, 1.807) is 6.33 Å². The Balaban J connectivity index is 1.34. The molecular formula is C18H26N4O3S. The fourth-order valence-corrected chi connectivity index (χ4v) is 6.07. The lowest BCUT2D eigenvalue weighted by atomic mass is 9.95. The van der Waals surface area contributed by atoms with Gasteiger partial charge in [-0.25, -0.2) is 18.4 Å². The van der Waals surface area contributed by atoms with Crippen LogP contribution in [0.2, 0.25) is 0 Å². The number of aromatic nitrogens is 2. The zero-order chi connectivity index (χ0) is 18.1. The van der Waals surface area contributed by atoms with E-state index in [-0.39, 0.29) is 29.4 Å². The Morgan fingerprint density at radius 3 is 2.62 bits per heavy atom. The highest BCUT2D eigenvalue weighted by molar-refractivity contribution is 7.91. The van der Waals surface area contributed by atoms with Gasteiger partial charge in [-0.15, -0.1) is 0 Å². The number of aryl methyl sites for hydroxylation is 1. The first-order valence-corrected chi connectivity index (χ1v) is 11.4. The number of nitrogens with zero attached hydrogens (tertiary/aromatic N) is 3. The maximum Gasteiger partial charge on any atom is 0.224 e. The van der Waals surface area contributed by atoms with Crippen molar-refractivity contribution in [3.05, 3.63) is 17.6 Å². The number of nitrogens with one attached hydrogen (secondary N) is 1. The minimum Gasteiger partial charge on any atom is -0.356 e. The number of rotatable bonds is 3. The second-order valence-electron chi connectivity index (χ2n) is 7.70. The molecule has 1 aromatic heterocycles. The first-order chi connectivity index (χ1) is 12.5. The van der Waals surface area contributed by atoms with E-state index in [0.717, 1.165) is 44.6 Å². The van der Waals surface area contributed by atoms with Crippen molar-refractivity contribution in [1.29, 1.82) is 0 Å². The van der Waals surface area contributed by atoms with Gasteiger partial charge in [-0.1, -0.05) is 0 Å². The van der Waals surface area contributed by atoms with Crippen LogP contribution < -0.4 is 10.2 Å². The average Bonchev–Trinajstić information content (AvgIpc) is 3.02. The first kappa shape index (κ1) is 17.7. The van der Waals surface area contributed by atoms with Crippen molar-refractivity contribution in [3.8, 4) is 0 Å². The molecule has 142 valence electrons. The highest BCUT2D eigenvalue weighted by Crippen LogP contribution is 2.29. The quantitative estimate of drug-likeness (QED) is 0.839. The highest BCUT2D eigenvalue weighted by atomic mass is 32.2. The Morgan fingerprint density at radius 2 is 1.88 bits per heavy atom. The average molecular weight is 378 g/mol. The third-order valence-corrected chi connectivity index (χ3v) is 7.61. The van der Waals surface area contributed by atoms with Gasteiger partial charge in [-0.05, 0) is 44.9 Å². The van der Waals surface area contributed by atoms with Gasteiger partial charge in [0.1, 0.15) is 12.1 Å². The first-order valence-electron chi connectivity index (χ1n) is 9.60. The Bertz CT molecular complexity index is 788. The Kier molecular flexibility index (Phi) is 4.86. The zero-order valence-electron chi connectivity index (χ0n) is 15.0. The molecule has 0 aromatic carbocycles. The summed E-state index contributed by atoms with van der Waals surface area (Å²) in [6, 6.07) is 0.125. The number of piperidine rings is 1. The summed E-state index contributed by atoms with van der Waals surface area (Å²) < 4.78 is 23.1. The van der Waals surface area contributed by atoms with E-state index >= 15 is 0 Å². The van der Waals surface area contributed by atoms with Crippen molar-refractivity contribution in [1.82, 2.24) is 15.3 Å². The third-order valence-electron chi connectivity index (χ3n) is 5.85. The molecule has 0 spiro atoms. The second-order valence-corrected chi connectivity index (χ2v) is 9.93. The van der Waals surface area contributed by atoms with E-state index in [2.05, 4.69) is 20.2 Å². The molecular weight excluding hydrogens is 352 g/mol. The lowest BCUT2D eigenvalue weighted by Gasteiger charge is -2.35. The van der Waals surface area contributed by atoms with E-state index in [0.29, 0.717) is 6.42 Å². The van der Waals surface area contributed by atoms with E-state index in [9.17, 15) is 13.2 Å². The van der Waals surface area contributed by atoms with Crippen molar-refractivity contribution in [2.24, 2.45) is 5.92 Å². The topological polar surface area (TPSA) is 92.3 Å². The van der Waals surface area contributed by atoms with Gasteiger partial charge in [0.05, 0.1) is 17.4 Å². The number of anilines is 1. The van der Waals surface area contributed by atoms with Gasteiger partial charge in [-0.2, -0.15) is 0 Å². The molecule has 3 heterocycles. The van der Waals surface area contributed by atoms with E-state index in [4.69, 9.17) is 0 Å². The molecule has 1 N–H and O–H groups in total. The van der Waals surface area contributed by atoms with Crippen molar-refractivity contribution in [3.63, 3.8) is 0 Å². The Labute approximate surface area is 154 Å². The van der Waals surface area contributed by atoms with Crippen LogP contribution in [0.5, 0.6) is 0 Å². The number of hydrogen-bond donors (Lipinski definition) is 1. The smallest absolute Gasteiger partial charge is 0.224 e. The van der Waals surface area contributed by atoms with E-state index < -0.39 is 9.84 Å².